The van der Waals surface area contributed by atoms with Crippen molar-refractivity contribution in [1.82, 2.24) is 14.5 Å². The van der Waals surface area contributed by atoms with Crippen molar-refractivity contribution < 1.29 is 13.2 Å². The fourth-order valence-electron chi connectivity index (χ4n) is 3.09. The smallest absolute Gasteiger partial charge is 0.328 e. The molecule has 1 atom stereocenters. The van der Waals surface area contributed by atoms with Crippen LogP contribution in [0.25, 0.3) is 22.2 Å². The summed E-state index contributed by atoms with van der Waals surface area (Å²) in [7, 11) is 0. The number of halogens is 3. The Labute approximate surface area is 160 Å². The lowest BCUT2D eigenvalue weighted by atomic mass is 10.0. The van der Waals surface area contributed by atoms with Crippen molar-refractivity contribution >= 4 is 10.8 Å². The van der Waals surface area contributed by atoms with Gasteiger partial charge in [-0.05, 0) is 49.8 Å². The molecule has 28 heavy (non-hydrogen) atoms. The number of hydrogen-bond donors (Lipinski definition) is 1. The third-order valence-corrected chi connectivity index (χ3v) is 4.58. The van der Waals surface area contributed by atoms with Gasteiger partial charge in [-0.25, -0.2) is 9.97 Å². The standard InChI is InChI=1S/C20H21F3N4O/c1-12-11-27(7-3-4-13(2)24)19(28)16-6-5-14(8-17(12)16)18-25-9-15(10-26-18)20(21,22)23/h5-6,8-11,13H,3-4,7,24H2,1-2H3. The van der Waals surface area contributed by atoms with Crippen LogP contribution in [0, 0.1) is 6.92 Å². The number of alkyl halides is 3. The number of nitrogens with two attached hydrogens (primary N) is 1. The highest BCUT2D eigenvalue weighted by Gasteiger charge is 2.31. The molecule has 8 heteroatoms. The molecule has 0 fully saturated rings. The number of aromatic nitrogens is 3. The van der Waals surface area contributed by atoms with Crippen LogP contribution in [0.3, 0.4) is 0 Å². The summed E-state index contributed by atoms with van der Waals surface area (Å²) in [6.45, 7) is 4.40. The Morgan fingerprint density at radius 3 is 2.46 bits per heavy atom. The molecule has 0 saturated heterocycles. The molecule has 2 aromatic heterocycles. The number of rotatable bonds is 5. The zero-order valence-electron chi connectivity index (χ0n) is 15.6. The molecule has 0 saturated carbocycles. The van der Waals surface area contributed by atoms with Gasteiger partial charge in [0.2, 0.25) is 0 Å². The predicted molar refractivity (Wildman–Crippen MR) is 102 cm³/mol. The van der Waals surface area contributed by atoms with E-state index >= 15 is 0 Å². The molecule has 0 aliphatic rings. The molecule has 3 rings (SSSR count). The largest absolute Gasteiger partial charge is 0.419 e. The fourth-order valence-corrected chi connectivity index (χ4v) is 3.09. The van der Waals surface area contributed by atoms with Crippen LogP contribution in [-0.2, 0) is 12.7 Å². The average molecular weight is 390 g/mol. The van der Waals surface area contributed by atoms with Crippen LogP contribution in [0.2, 0.25) is 0 Å². The predicted octanol–water partition coefficient (Wildman–Crippen LogP) is 3.91. The quantitative estimate of drug-likeness (QED) is 0.717. The lowest BCUT2D eigenvalue weighted by Gasteiger charge is -2.12. The maximum atomic E-state index is 12.7. The van der Waals surface area contributed by atoms with Crippen LogP contribution in [0.4, 0.5) is 13.2 Å². The van der Waals surface area contributed by atoms with Gasteiger partial charge in [-0.2, -0.15) is 13.2 Å². The molecule has 0 aliphatic carbocycles. The molecule has 0 bridgehead atoms. The van der Waals surface area contributed by atoms with E-state index < -0.39 is 11.7 Å². The molecule has 1 aromatic carbocycles. The van der Waals surface area contributed by atoms with E-state index in [2.05, 4.69) is 9.97 Å². The first kappa shape index (κ1) is 20.0. The Balaban J connectivity index is 1.96. The van der Waals surface area contributed by atoms with Crippen molar-refractivity contribution in [3.05, 3.63) is 58.3 Å². The Kier molecular flexibility index (Phi) is 5.51. The number of hydrogen-bond acceptors (Lipinski definition) is 4. The van der Waals surface area contributed by atoms with Gasteiger partial charge in [-0.15, -0.1) is 0 Å². The highest BCUT2D eigenvalue weighted by atomic mass is 19.4. The normalized spacial score (nSPS) is 13.1. The molecule has 5 nitrogen and oxygen atoms in total. The topological polar surface area (TPSA) is 73.8 Å². The second-order valence-corrected chi connectivity index (χ2v) is 6.98. The lowest BCUT2D eigenvalue weighted by Crippen LogP contribution is -2.22. The van der Waals surface area contributed by atoms with E-state index in [1.165, 1.54) is 0 Å². The van der Waals surface area contributed by atoms with Crippen LogP contribution >= 0.6 is 0 Å². The summed E-state index contributed by atoms with van der Waals surface area (Å²) in [4.78, 5) is 20.4. The van der Waals surface area contributed by atoms with Crippen molar-refractivity contribution in [1.29, 1.82) is 0 Å². The van der Waals surface area contributed by atoms with Gasteiger partial charge in [0, 0.05) is 42.1 Å². The number of aryl methyl sites for hydroxylation is 2. The van der Waals surface area contributed by atoms with Gasteiger partial charge < -0.3 is 10.3 Å². The van der Waals surface area contributed by atoms with E-state index in [9.17, 15) is 18.0 Å². The Morgan fingerprint density at radius 2 is 1.86 bits per heavy atom. The van der Waals surface area contributed by atoms with Gasteiger partial charge in [0.25, 0.3) is 5.56 Å². The minimum atomic E-state index is -4.48. The summed E-state index contributed by atoms with van der Waals surface area (Å²) >= 11 is 0. The first-order valence-electron chi connectivity index (χ1n) is 8.96. The summed E-state index contributed by atoms with van der Waals surface area (Å²) in [6.07, 6.45) is 0.466. The molecule has 0 spiro atoms. The number of pyridine rings is 1. The molecule has 3 aromatic rings. The maximum Gasteiger partial charge on any atom is 0.419 e. The number of nitrogens with zero attached hydrogens (tertiary/aromatic N) is 3. The molecule has 0 amide bonds. The SMILES string of the molecule is Cc1cn(CCCC(C)N)c(=O)c2ccc(-c3ncc(C(F)(F)F)cn3)cc12. The minimum Gasteiger partial charge on any atom is -0.328 e. The lowest BCUT2D eigenvalue weighted by molar-refractivity contribution is -0.138. The first-order valence-corrected chi connectivity index (χ1v) is 8.96. The highest BCUT2D eigenvalue weighted by molar-refractivity contribution is 5.88. The zero-order valence-corrected chi connectivity index (χ0v) is 15.6. The first-order chi connectivity index (χ1) is 13.2. The van der Waals surface area contributed by atoms with Crippen molar-refractivity contribution in [2.24, 2.45) is 5.73 Å². The van der Waals surface area contributed by atoms with E-state index in [4.69, 9.17) is 5.73 Å². The Hall–Kier alpha value is -2.74. The summed E-state index contributed by atoms with van der Waals surface area (Å²) in [5, 5.41) is 1.28. The fraction of sp³-hybridized carbons (Fsp3) is 0.350. The Bertz CT molecular complexity index is 1040. The average Bonchev–Trinajstić information content (AvgIpc) is 2.64. The molecule has 2 heterocycles. The van der Waals surface area contributed by atoms with Crippen LogP contribution in [-0.4, -0.2) is 20.6 Å². The summed E-state index contributed by atoms with van der Waals surface area (Å²) < 4.78 is 39.7. The van der Waals surface area contributed by atoms with Crippen molar-refractivity contribution in [2.75, 3.05) is 0 Å². The molecule has 2 N–H and O–H groups in total. The van der Waals surface area contributed by atoms with Gasteiger partial charge in [-0.1, -0.05) is 6.07 Å². The molecule has 0 aliphatic heterocycles. The third-order valence-electron chi connectivity index (χ3n) is 4.58. The highest BCUT2D eigenvalue weighted by Crippen LogP contribution is 2.29. The minimum absolute atomic E-state index is 0.0866. The van der Waals surface area contributed by atoms with E-state index in [1.807, 2.05) is 13.8 Å². The van der Waals surface area contributed by atoms with E-state index in [0.717, 1.165) is 36.2 Å². The molecule has 0 radical (unpaired) electrons. The maximum absolute atomic E-state index is 12.7. The van der Waals surface area contributed by atoms with E-state index in [-0.39, 0.29) is 17.4 Å². The number of benzene rings is 1. The van der Waals surface area contributed by atoms with Crippen LogP contribution in [0.5, 0.6) is 0 Å². The van der Waals surface area contributed by atoms with Crippen LogP contribution in [0.1, 0.15) is 30.9 Å². The van der Waals surface area contributed by atoms with Crippen molar-refractivity contribution in [3.63, 3.8) is 0 Å². The monoisotopic (exact) mass is 390 g/mol. The van der Waals surface area contributed by atoms with E-state index in [1.54, 1.807) is 29.0 Å². The molecule has 148 valence electrons. The molecule has 1 unspecified atom stereocenters. The van der Waals surface area contributed by atoms with Gasteiger partial charge in [-0.3, -0.25) is 4.79 Å². The van der Waals surface area contributed by atoms with Gasteiger partial charge in [0.15, 0.2) is 5.82 Å². The second-order valence-electron chi connectivity index (χ2n) is 6.98. The number of fused-ring (bicyclic) bond motifs is 1. The van der Waals surface area contributed by atoms with Crippen molar-refractivity contribution in [3.8, 4) is 11.4 Å². The molecular weight excluding hydrogens is 369 g/mol. The molecular formula is C20H21F3N4O. The summed E-state index contributed by atoms with van der Waals surface area (Å²) in [6, 6.07) is 5.14. The zero-order chi connectivity index (χ0) is 20.5. The third kappa shape index (κ3) is 4.22. The van der Waals surface area contributed by atoms with Gasteiger partial charge in [0.05, 0.1) is 5.56 Å². The van der Waals surface area contributed by atoms with Crippen molar-refractivity contribution in [2.45, 2.75) is 45.5 Å². The Morgan fingerprint density at radius 1 is 1.18 bits per heavy atom. The van der Waals surface area contributed by atoms with Gasteiger partial charge >= 0.3 is 6.18 Å². The van der Waals surface area contributed by atoms with E-state index in [0.29, 0.717) is 17.5 Å². The summed E-state index contributed by atoms with van der Waals surface area (Å²) in [5.74, 6) is 0.176. The second kappa shape index (κ2) is 7.71. The summed E-state index contributed by atoms with van der Waals surface area (Å²) in [5.41, 5.74) is 6.20. The van der Waals surface area contributed by atoms with Crippen LogP contribution in [0.15, 0.2) is 41.6 Å². The van der Waals surface area contributed by atoms with Gasteiger partial charge in [0.1, 0.15) is 0 Å². The van der Waals surface area contributed by atoms with Crippen LogP contribution < -0.4 is 11.3 Å².